The van der Waals surface area contributed by atoms with Crippen LogP contribution in [0.25, 0.3) is 0 Å². The third-order valence-corrected chi connectivity index (χ3v) is 5.46. The number of aromatic amines is 1. The number of aromatic nitrogens is 1. The van der Waals surface area contributed by atoms with E-state index in [4.69, 9.17) is 9.47 Å². The number of pyridine rings is 1. The molecule has 3 N–H and O–H groups in total. The molecule has 0 atom stereocenters. The van der Waals surface area contributed by atoms with Gasteiger partial charge in [0.05, 0.1) is 5.56 Å². The Labute approximate surface area is 167 Å². The summed E-state index contributed by atoms with van der Waals surface area (Å²) in [6, 6.07) is 8.21. The molecule has 2 amide bonds. The standard InChI is InChI=1S/C21H23N3O5/c25-19-8-5-15(11-22-19)20(26)23-10-13-1-3-14(4-2-13)21(27)24-16-6-7-17-18(9-16)29-12-28-17/h5-9,11,13-14H,1-4,10,12H2,(H,22,25)(H,23,26)(H,24,27). The topological polar surface area (TPSA) is 110 Å². The Bertz CT molecular complexity index is 943. The van der Waals surface area contributed by atoms with Crippen LogP contribution in [0.4, 0.5) is 5.69 Å². The number of ether oxygens (including phenoxy) is 2. The van der Waals surface area contributed by atoms with E-state index in [1.165, 1.54) is 18.3 Å². The van der Waals surface area contributed by atoms with Crippen LogP contribution in [0.2, 0.25) is 0 Å². The van der Waals surface area contributed by atoms with Crippen molar-refractivity contribution in [1.29, 1.82) is 0 Å². The average Bonchev–Trinajstić information content (AvgIpc) is 3.21. The van der Waals surface area contributed by atoms with Crippen LogP contribution in [-0.4, -0.2) is 30.1 Å². The fourth-order valence-electron chi connectivity index (χ4n) is 3.74. The first kappa shape index (κ1) is 19.0. The highest BCUT2D eigenvalue weighted by Crippen LogP contribution is 2.35. The lowest BCUT2D eigenvalue weighted by Crippen LogP contribution is -2.33. The molecule has 1 aromatic heterocycles. The van der Waals surface area contributed by atoms with Gasteiger partial charge in [0, 0.05) is 36.5 Å². The second kappa shape index (κ2) is 8.38. The summed E-state index contributed by atoms with van der Waals surface area (Å²) in [6.07, 6.45) is 4.75. The Kier molecular flexibility index (Phi) is 5.50. The van der Waals surface area contributed by atoms with Crippen LogP contribution in [0.5, 0.6) is 11.5 Å². The molecule has 2 aliphatic rings. The summed E-state index contributed by atoms with van der Waals surface area (Å²) >= 11 is 0. The molecule has 4 rings (SSSR count). The molecule has 29 heavy (non-hydrogen) atoms. The first-order chi connectivity index (χ1) is 14.1. The lowest BCUT2D eigenvalue weighted by Gasteiger charge is -2.28. The number of amides is 2. The fraction of sp³-hybridized carbons (Fsp3) is 0.381. The van der Waals surface area contributed by atoms with Gasteiger partial charge in [-0.25, -0.2) is 0 Å². The molecule has 1 saturated carbocycles. The van der Waals surface area contributed by atoms with Gasteiger partial charge >= 0.3 is 0 Å². The predicted octanol–water partition coefficient (Wildman–Crippen LogP) is 2.28. The third kappa shape index (κ3) is 4.59. The van der Waals surface area contributed by atoms with E-state index in [-0.39, 0.29) is 30.1 Å². The Hall–Kier alpha value is -3.29. The van der Waals surface area contributed by atoms with Crippen LogP contribution in [0.1, 0.15) is 36.0 Å². The summed E-state index contributed by atoms with van der Waals surface area (Å²) in [5.74, 6) is 1.45. The molecule has 0 bridgehead atoms. The van der Waals surface area contributed by atoms with Gasteiger partial charge in [-0.1, -0.05) is 0 Å². The lowest BCUT2D eigenvalue weighted by molar-refractivity contribution is -0.121. The largest absolute Gasteiger partial charge is 0.454 e. The molecule has 0 saturated heterocycles. The fourth-order valence-corrected chi connectivity index (χ4v) is 3.74. The number of benzene rings is 1. The zero-order valence-corrected chi connectivity index (χ0v) is 15.9. The monoisotopic (exact) mass is 397 g/mol. The molecule has 8 nitrogen and oxygen atoms in total. The number of hydrogen-bond acceptors (Lipinski definition) is 5. The summed E-state index contributed by atoms with van der Waals surface area (Å²) < 4.78 is 10.6. The van der Waals surface area contributed by atoms with Crippen LogP contribution in [0, 0.1) is 11.8 Å². The van der Waals surface area contributed by atoms with Crippen LogP contribution >= 0.6 is 0 Å². The van der Waals surface area contributed by atoms with E-state index < -0.39 is 0 Å². The molecule has 0 unspecified atom stereocenters. The SMILES string of the molecule is O=C(NCC1CCC(C(=O)Nc2ccc3c(c2)OCO3)CC1)c1ccc(=O)[nH]c1. The molecular weight excluding hydrogens is 374 g/mol. The van der Waals surface area contributed by atoms with Gasteiger partial charge in [0.25, 0.3) is 5.91 Å². The van der Waals surface area contributed by atoms with Crippen molar-refractivity contribution in [3.63, 3.8) is 0 Å². The van der Waals surface area contributed by atoms with E-state index in [1.54, 1.807) is 12.1 Å². The maximum Gasteiger partial charge on any atom is 0.252 e. The number of rotatable bonds is 5. The molecule has 2 aromatic rings. The predicted molar refractivity (Wildman–Crippen MR) is 106 cm³/mol. The number of carbonyl (C=O) groups excluding carboxylic acids is 2. The van der Waals surface area contributed by atoms with Gasteiger partial charge in [0.2, 0.25) is 18.3 Å². The van der Waals surface area contributed by atoms with Crippen LogP contribution < -0.4 is 25.7 Å². The lowest BCUT2D eigenvalue weighted by atomic mass is 9.81. The van der Waals surface area contributed by atoms with Crippen LogP contribution in [0.15, 0.2) is 41.3 Å². The van der Waals surface area contributed by atoms with Crippen molar-refractivity contribution < 1.29 is 19.1 Å². The molecule has 152 valence electrons. The maximum absolute atomic E-state index is 12.6. The van der Waals surface area contributed by atoms with Crippen molar-refractivity contribution in [2.24, 2.45) is 11.8 Å². The molecular formula is C21H23N3O5. The summed E-state index contributed by atoms with van der Waals surface area (Å²) in [4.78, 5) is 38.3. The zero-order valence-electron chi connectivity index (χ0n) is 15.9. The van der Waals surface area contributed by atoms with E-state index in [0.29, 0.717) is 35.2 Å². The summed E-state index contributed by atoms with van der Waals surface area (Å²) in [5.41, 5.74) is 0.898. The van der Waals surface area contributed by atoms with Gasteiger partial charge in [0.15, 0.2) is 11.5 Å². The molecule has 8 heteroatoms. The van der Waals surface area contributed by atoms with E-state index in [9.17, 15) is 14.4 Å². The van der Waals surface area contributed by atoms with Gasteiger partial charge in [-0.3, -0.25) is 14.4 Å². The highest BCUT2D eigenvalue weighted by Gasteiger charge is 2.27. The summed E-state index contributed by atoms with van der Waals surface area (Å²) in [5, 5.41) is 5.87. The normalized spacial score (nSPS) is 20.1. The van der Waals surface area contributed by atoms with Gasteiger partial charge in [-0.2, -0.15) is 0 Å². The number of H-pyrrole nitrogens is 1. The molecule has 2 heterocycles. The first-order valence-electron chi connectivity index (χ1n) is 9.76. The van der Waals surface area contributed by atoms with Gasteiger partial charge < -0.3 is 25.1 Å². The quantitative estimate of drug-likeness (QED) is 0.717. The maximum atomic E-state index is 12.6. The summed E-state index contributed by atoms with van der Waals surface area (Å²) in [6.45, 7) is 0.768. The molecule has 1 aliphatic heterocycles. The smallest absolute Gasteiger partial charge is 0.252 e. The minimum atomic E-state index is -0.237. The van der Waals surface area contributed by atoms with Crippen molar-refractivity contribution in [2.45, 2.75) is 25.7 Å². The van der Waals surface area contributed by atoms with E-state index in [0.717, 1.165) is 25.7 Å². The van der Waals surface area contributed by atoms with E-state index in [2.05, 4.69) is 15.6 Å². The number of anilines is 1. The zero-order chi connectivity index (χ0) is 20.2. The van der Waals surface area contributed by atoms with Crippen molar-refractivity contribution in [2.75, 3.05) is 18.7 Å². The second-order valence-electron chi connectivity index (χ2n) is 7.43. The van der Waals surface area contributed by atoms with E-state index >= 15 is 0 Å². The molecule has 0 radical (unpaired) electrons. The second-order valence-corrected chi connectivity index (χ2v) is 7.43. The van der Waals surface area contributed by atoms with Crippen molar-refractivity contribution in [3.8, 4) is 11.5 Å². The minimum Gasteiger partial charge on any atom is -0.454 e. The highest BCUT2D eigenvalue weighted by atomic mass is 16.7. The van der Waals surface area contributed by atoms with Gasteiger partial charge in [-0.15, -0.1) is 0 Å². The Balaban J connectivity index is 1.22. The number of nitrogens with one attached hydrogen (secondary N) is 3. The Morgan fingerprint density at radius 2 is 1.83 bits per heavy atom. The molecule has 0 spiro atoms. The number of carbonyl (C=O) groups is 2. The summed E-state index contributed by atoms with van der Waals surface area (Å²) in [7, 11) is 0. The number of fused-ring (bicyclic) bond motifs is 1. The van der Waals surface area contributed by atoms with E-state index in [1.807, 2.05) is 6.07 Å². The van der Waals surface area contributed by atoms with Gasteiger partial charge in [-0.05, 0) is 49.8 Å². The van der Waals surface area contributed by atoms with Gasteiger partial charge in [0.1, 0.15) is 0 Å². The molecule has 1 aromatic carbocycles. The van der Waals surface area contributed by atoms with Crippen molar-refractivity contribution in [3.05, 3.63) is 52.4 Å². The first-order valence-corrected chi connectivity index (χ1v) is 9.76. The van der Waals surface area contributed by atoms with Crippen molar-refractivity contribution in [1.82, 2.24) is 10.3 Å². The van der Waals surface area contributed by atoms with Crippen LogP contribution in [-0.2, 0) is 4.79 Å². The molecule has 1 fully saturated rings. The van der Waals surface area contributed by atoms with Crippen LogP contribution in [0.3, 0.4) is 0 Å². The number of hydrogen-bond donors (Lipinski definition) is 3. The average molecular weight is 397 g/mol. The highest BCUT2D eigenvalue weighted by molar-refractivity contribution is 5.94. The molecule has 1 aliphatic carbocycles. The Morgan fingerprint density at radius 1 is 1.03 bits per heavy atom. The Morgan fingerprint density at radius 3 is 2.59 bits per heavy atom. The van der Waals surface area contributed by atoms with Crippen molar-refractivity contribution >= 4 is 17.5 Å². The minimum absolute atomic E-state index is 0.0135. The third-order valence-electron chi connectivity index (χ3n) is 5.46.